The van der Waals surface area contributed by atoms with Crippen LogP contribution in [0.3, 0.4) is 0 Å². The highest BCUT2D eigenvalue weighted by Crippen LogP contribution is 2.49. The van der Waals surface area contributed by atoms with Gasteiger partial charge in [0.05, 0.1) is 6.42 Å². The lowest BCUT2D eigenvalue weighted by Crippen LogP contribution is -2.55. The van der Waals surface area contributed by atoms with Crippen LogP contribution in [0.5, 0.6) is 0 Å². The number of hydrogen-bond acceptors (Lipinski definition) is 2. The molecule has 0 spiro atoms. The molecule has 20 heavy (non-hydrogen) atoms. The molecule has 0 unspecified atom stereocenters. The summed E-state index contributed by atoms with van der Waals surface area (Å²) in [6.07, 6.45) is -8.25. The summed E-state index contributed by atoms with van der Waals surface area (Å²) in [5.74, 6) is -17.4. The fourth-order valence-electron chi connectivity index (χ4n) is 1.14. The van der Waals surface area contributed by atoms with E-state index in [9.17, 15) is 39.9 Å². The van der Waals surface area contributed by atoms with Gasteiger partial charge >= 0.3 is 17.8 Å². The van der Waals surface area contributed by atoms with Gasteiger partial charge in [-0.05, 0) is 0 Å². The molecular formula is C10H12F8OS. The number of carbonyl (C=O) groups is 1. The van der Waals surface area contributed by atoms with Gasteiger partial charge in [-0.3, -0.25) is 4.79 Å². The number of halogens is 8. The Morgan fingerprint density at radius 2 is 1.55 bits per heavy atom. The molecule has 0 radical (unpaired) electrons. The zero-order valence-electron chi connectivity index (χ0n) is 10.2. The van der Waals surface area contributed by atoms with Crippen molar-refractivity contribution in [2.75, 3.05) is 5.75 Å². The summed E-state index contributed by atoms with van der Waals surface area (Å²) in [6.45, 7) is 1.40. The zero-order chi connectivity index (χ0) is 16.2. The normalized spacial score (nSPS) is 13.9. The van der Waals surface area contributed by atoms with Crippen molar-refractivity contribution >= 4 is 16.9 Å². The lowest BCUT2D eigenvalue weighted by atomic mass is 10.00. The molecule has 120 valence electrons. The second kappa shape index (κ2) is 6.95. The van der Waals surface area contributed by atoms with Gasteiger partial charge in [0.2, 0.25) is 6.43 Å². The highest BCUT2D eigenvalue weighted by atomic mass is 32.2. The minimum absolute atomic E-state index is 0.0336. The van der Waals surface area contributed by atoms with Gasteiger partial charge in [-0.25, -0.2) is 8.78 Å². The van der Waals surface area contributed by atoms with Gasteiger partial charge in [0.15, 0.2) is 5.12 Å². The van der Waals surface area contributed by atoms with E-state index in [1.807, 2.05) is 0 Å². The van der Waals surface area contributed by atoms with Crippen LogP contribution in [-0.2, 0) is 4.79 Å². The summed E-state index contributed by atoms with van der Waals surface area (Å²) in [5, 5.41) is -0.566. The van der Waals surface area contributed by atoms with Crippen LogP contribution in [0, 0.1) is 0 Å². The van der Waals surface area contributed by atoms with E-state index in [1.165, 1.54) is 6.92 Å². The molecule has 0 aromatic carbocycles. The fraction of sp³-hybridized carbons (Fsp3) is 0.900. The number of alkyl halides is 8. The monoisotopic (exact) mass is 332 g/mol. The molecule has 0 aromatic heterocycles. The molecule has 0 fully saturated rings. The van der Waals surface area contributed by atoms with Gasteiger partial charge in [0.25, 0.3) is 0 Å². The Morgan fingerprint density at radius 3 is 1.95 bits per heavy atom. The molecule has 10 heteroatoms. The van der Waals surface area contributed by atoms with Crippen molar-refractivity contribution in [1.82, 2.24) is 0 Å². The van der Waals surface area contributed by atoms with Crippen LogP contribution in [0.1, 0.15) is 26.2 Å². The molecule has 0 atom stereocenters. The van der Waals surface area contributed by atoms with Gasteiger partial charge in [-0.1, -0.05) is 18.7 Å². The number of thioether (sulfide) groups is 1. The van der Waals surface area contributed by atoms with Gasteiger partial charge in [-0.2, -0.15) is 26.3 Å². The smallest absolute Gasteiger partial charge is 0.287 e. The Bertz CT molecular complexity index is 331. The maximum Gasteiger partial charge on any atom is 0.372 e. The maximum absolute atomic E-state index is 13.1. The average Bonchev–Trinajstić information content (AvgIpc) is 2.26. The summed E-state index contributed by atoms with van der Waals surface area (Å²) in [7, 11) is 0. The lowest BCUT2D eigenvalue weighted by Gasteiger charge is -2.32. The topological polar surface area (TPSA) is 17.1 Å². The minimum atomic E-state index is -5.91. The van der Waals surface area contributed by atoms with Crippen LogP contribution in [0.4, 0.5) is 35.1 Å². The van der Waals surface area contributed by atoms with E-state index in [0.717, 1.165) is 0 Å². The summed E-state index contributed by atoms with van der Waals surface area (Å²) in [4.78, 5) is 10.8. The van der Waals surface area contributed by atoms with E-state index in [1.54, 1.807) is 0 Å². The Hall–Kier alpha value is -0.540. The molecule has 0 heterocycles. The Labute approximate surface area is 114 Å². The molecule has 0 N–H and O–H groups in total. The molecule has 1 nitrogen and oxygen atoms in total. The van der Waals surface area contributed by atoms with Gasteiger partial charge in [0.1, 0.15) is 0 Å². The van der Waals surface area contributed by atoms with Crippen molar-refractivity contribution in [2.45, 2.75) is 50.4 Å². The Balaban J connectivity index is 4.83. The quantitative estimate of drug-likeness (QED) is 0.604. The van der Waals surface area contributed by atoms with Crippen molar-refractivity contribution < 1.29 is 39.9 Å². The molecule has 0 rings (SSSR count). The molecular weight excluding hydrogens is 320 g/mol. The van der Waals surface area contributed by atoms with Crippen molar-refractivity contribution in [2.24, 2.45) is 0 Å². The first-order chi connectivity index (χ1) is 8.87. The van der Waals surface area contributed by atoms with Crippen LogP contribution in [0.15, 0.2) is 0 Å². The molecule has 0 saturated heterocycles. The van der Waals surface area contributed by atoms with Crippen LogP contribution in [0.2, 0.25) is 0 Å². The first-order valence-electron chi connectivity index (χ1n) is 5.44. The van der Waals surface area contributed by atoms with E-state index < -0.39 is 47.9 Å². The van der Waals surface area contributed by atoms with E-state index >= 15 is 0 Å². The van der Waals surface area contributed by atoms with Crippen LogP contribution in [-0.4, -0.2) is 35.1 Å². The Morgan fingerprint density at radius 1 is 1.05 bits per heavy atom. The number of hydrogen-bond donors (Lipinski definition) is 0. The third-order valence-corrected chi connectivity index (χ3v) is 3.32. The molecule has 0 aliphatic rings. The first-order valence-corrected chi connectivity index (χ1v) is 6.43. The molecule has 0 saturated carbocycles. The second-order valence-electron chi connectivity index (χ2n) is 3.90. The predicted octanol–water partition coefficient (Wildman–Crippen LogP) is 4.61. The van der Waals surface area contributed by atoms with Crippen molar-refractivity contribution in [3.05, 3.63) is 0 Å². The summed E-state index contributed by atoms with van der Waals surface area (Å²) in [6, 6.07) is 0. The third-order valence-electron chi connectivity index (χ3n) is 2.30. The largest absolute Gasteiger partial charge is 0.372 e. The van der Waals surface area contributed by atoms with E-state index in [2.05, 4.69) is 0 Å². The fourth-order valence-corrected chi connectivity index (χ4v) is 1.93. The predicted molar refractivity (Wildman–Crippen MR) is 57.8 cm³/mol. The highest BCUT2D eigenvalue weighted by Gasteiger charge is 2.71. The lowest BCUT2D eigenvalue weighted by molar-refractivity contribution is -0.316. The summed E-state index contributed by atoms with van der Waals surface area (Å²) in [5.41, 5.74) is 0. The SMILES string of the molecule is CCC(=O)SCCC(F)(F)C(F)(F)C(F)(F)CC(F)F. The van der Waals surface area contributed by atoms with Crippen molar-refractivity contribution in [3.63, 3.8) is 0 Å². The molecule has 0 amide bonds. The number of carbonyl (C=O) groups excluding carboxylic acids is 1. The van der Waals surface area contributed by atoms with Gasteiger partial charge in [0, 0.05) is 18.6 Å². The standard InChI is InChI=1S/C10H12F8OS/c1-2-7(19)20-4-3-8(13,14)10(17,18)9(15,16)5-6(11)12/h6H,2-5H2,1H3. The van der Waals surface area contributed by atoms with E-state index in [4.69, 9.17) is 0 Å². The molecule has 0 bridgehead atoms. The average molecular weight is 332 g/mol. The van der Waals surface area contributed by atoms with E-state index in [-0.39, 0.29) is 6.42 Å². The van der Waals surface area contributed by atoms with Gasteiger partial charge in [-0.15, -0.1) is 0 Å². The number of rotatable bonds is 8. The van der Waals surface area contributed by atoms with Crippen LogP contribution < -0.4 is 0 Å². The summed E-state index contributed by atoms with van der Waals surface area (Å²) < 4.78 is 101. The maximum atomic E-state index is 13.1. The zero-order valence-corrected chi connectivity index (χ0v) is 11.1. The minimum Gasteiger partial charge on any atom is -0.287 e. The molecule has 0 aliphatic heterocycles. The second-order valence-corrected chi connectivity index (χ2v) is 5.05. The van der Waals surface area contributed by atoms with Crippen molar-refractivity contribution in [3.8, 4) is 0 Å². The van der Waals surface area contributed by atoms with Crippen LogP contribution in [0.25, 0.3) is 0 Å². The van der Waals surface area contributed by atoms with E-state index in [0.29, 0.717) is 11.8 Å². The van der Waals surface area contributed by atoms with Crippen LogP contribution >= 0.6 is 11.8 Å². The summed E-state index contributed by atoms with van der Waals surface area (Å²) >= 11 is 0.299. The molecule has 0 aliphatic carbocycles. The first kappa shape index (κ1) is 19.5. The highest BCUT2D eigenvalue weighted by molar-refractivity contribution is 8.13. The molecule has 0 aromatic rings. The van der Waals surface area contributed by atoms with Crippen molar-refractivity contribution in [1.29, 1.82) is 0 Å². The Kier molecular flexibility index (Phi) is 6.76. The van der Waals surface area contributed by atoms with Gasteiger partial charge < -0.3 is 0 Å². The third kappa shape index (κ3) is 4.78.